The van der Waals surface area contributed by atoms with Crippen LogP contribution in [-0.2, 0) is 13.1 Å². The molecular weight excluding hydrogens is 498 g/mol. The zero-order valence-corrected chi connectivity index (χ0v) is 21.2. The first kappa shape index (κ1) is 25.5. The van der Waals surface area contributed by atoms with Crippen molar-refractivity contribution in [1.29, 1.82) is 5.26 Å². The topological polar surface area (TPSA) is 138 Å². The number of hydrogen-bond donors (Lipinski definition) is 2. The number of piperazine rings is 1. The van der Waals surface area contributed by atoms with Crippen LogP contribution in [0.1, 0.15) is 28.4 Å². The van der Waals surface area contributed by atoms with Gasteiger partial charge in [-0.3, -0.25) is 13.9 Å². The number of benzene rings is 2. The number of fused-ring (bicyclic) bond motifs is 1. The van der Waals surface area contributed by atoms with Gasteiger partial charge in [-0.15, -0.1) is 5.92 Å². The van der Waals surface area contributed by atoms with E-state index in [0.717, 1.165) is 13.1 Å². The number of carboxylic acid groups (broad SMARTS) is 1. The number of rotatable bonds is 7. The number of carbonyl (C=O) groups is 1. The van der Waals surface area contributed by atoms with Crippen LogP contribution >= 0.6 is 0 Å². The lowest BCUT2D eigenvalue weighted by atomic mass is 10.1. The number of ether oxygens (including phenoxy) is 1. The molecule has 39 heavy (non-hydrogen) atoms. The van der Waals surface area contributed by atoms with Gasteiger partial charge in [0.1, 0.15) is 5.75 Å². The maximum absolute atomic E-state index is 14.1. The molecule has 11 heteroatoms. The number of nitrogens with zero attached hydrogens (tertiary/aromatic N) is 6. The molecule has 3 heterocycles. The Bertz CT molecular complexity index is 1700. The van der Waals surface area contributed by atoms with Gasteiger partial charge in [0.2, 0.25) is 5.95 Å². The second kappa shape index (κ2) is 11.1. The lowest BCUT2D eigenvalue weighted by Crippen LogP contribution is -2.44. The highest BCUT2D eigenvalue weighted by Crippen LogP contribution is 2.26. The highest BCUT2D eigenvalue weighted by atomic mass is 16.5. The van der Waals surface area contributed by atoms with Crippen LogP contribution in [0.5, 0.6) is 11.8 Å². The van der Waals surface area contributed by atoms with Crippen LogP contribution < -0.4 is 20.5 Å². The summed E-state index contributed by atoms with van der Waals surface area (Å²) in [6.07, 6.45) is 0. The predicted octanol–water partition coefficient (Wildman–Crippen LogP) is 2.44. The Hall–Kier alpha value is -5.13. The molecule has 196 valence electrons. The average Bonchev–Trinajstić information content (AvgIpc) is 3.33. The number of imidazole rings is 1. The molecule has 1 aliphatic rings. The summed E-state index contributed by atoms with van der Waals surface area (Å²) in [7, 11) is 0. The van der Waals surface area contributed by atoms with Crippen LogP contribution in [0, 0.1) is 23.2 Å². The Morgan fingerprint density at radius 3 is 2.54 bits per heavy atom. The maximum atomic E-state index is 14.1. The molecule has 1 saturated heterocycles. The summed E-state index contributed by atoms with van der Waals surface area (Å²) >= 11 is 0. The molecule has 0 bridgehead atoms. The van der Waals surface area contributed by atoms with Crippen LogP contribution in [-0.4, -0.2) is 56.4 Å². The lowest BCUT2D eigenvalue weighted by Gasteiger charge is -2.28. The van der Waals surface area contributed by atoms with Gasteiger partial charge in [0.25, 0.3) is 5.56 Å². The van der Waals surface area contributed by atoms with E-state index in [1.54, 1.807) is 35.8 Å². The van der Waals surface area contributed by atoms with Crippen LogP contribution in [0.25, 0.3) is 11.2 Å². The molecule has 0 spiro atoms. The van der Waals surface area contributed by atoms with Gasteiger partial charge in [-0.05, 0) is 42.8 Å². The molecule has 0 atom stereocenters. The second-order valence-electron chi connectivity index (χ2n) is 8.82. The van der Waals surface area contributed by atoms with Crippen LogP contribution in [0.3, 0.4) is 0 Å². The Kier molecular flexibility index (Phi) is 7.26. The van der Waals surface area contributed by atoms with E-state index in [1.165, 1.54) is 28.8 Å². The van der Waals surface area contributed by atoms with Gasteiger partial charge in [0.05, 0.1) is 30.3 Å². The maximum Gasteiger partial charge on any atom is 0.335 e. The molecule has 0 saturated carbocycles. The van der Waals surface area contributed by atoms with Gasteiger partial charge >= 0.3 is 12.0 Å². The number of carboxylic acids is 1. The minimum Gasteiger partial charge on any atom is -0.478 e. The summed E-state index contributed by atoms with van der Waals surface area (Å²) in [6.45, 7) is 5.02. The molecule has 1 aliphatic heterocycles. The number of aromatic nitrogens is 4. The lowest BCUT2D eigenvalue weighted by molar-refractivity contribution is 0.0697. The standard InChI is InChI=1S/C28H25N7O4/c1-2-3-14-34-23-24(31-27(34)33-15-12-30-13-16-33)32-28(39-22-10-8-19(9-11-22)26(37)38)35(25(23)36)18-21-7-5-4-6-20(21)17-29/h4-11,30H,12-16,18H2,1H3,(H,37,38). The molecule has 0 aliphatic carbocycles. The van der Waals surface area contributed by atoms with Crippen LogP contribution in [0.4, 0.5) is 5.95 Å². The van der Waals surface area contributed by atoms with Gasteiger partial charge in [-0.1, -0.05) is 24.1 Å². The van der Waals surface area contributed by atoms with Crippen LogP contribution in [0.15, 0.2) is 53.3 Å². The molecule has 1 fully saturated rings. The Morgan fingerprint density at radius 2 is 1.85 bits per heavy atom. The molecular formula is C28H25N7O4. The SMILES string of the molecule is CC#CCn1c(N2CCNCC2)nc2nc(Oc3ccc(C(=O)O)cc3)n(Cc3ccccc3C#N)c(=O)c21. The Morgan fingerprint density at radius 1 is 1.10 bits per heavy atom. The summed E-state index contributed by atoms with van der Waals surface area (Å²) in [5.74, 6) is 5.76. The largest absolute Gasteiger partial charge is 0.478 e. The van der Waals surface area contributed by atoms with Crippen molar-refractivity contribution in [2.24, 2.45) is 0 Å². The number of nitriles is 1. The van der Waals surface area contributed by atoms with Crippen molar-refractivity contribution in [2.45, 2.75) is 20.0 Å². The van der Waals surface area contributed by atoms with Crippen molar-refractivity contribution in [1.82, 2.24) is 24.4 Å². The third-order valence-electron chi connectivity index (χ3n) is 6.40. The summed E-state index contributed by atoms with van der Waals surface area (Å²) in [6, 6.07) is 14.9. The van der Waals surface area contributed by atoms with Crippen molar-refractivity contribution < 1.29 is 14.6 Å². The van der Waals surface area contributed by atoms with Gasteiger partial charge in [0.15, 0.2) is 11.2 Å². The molecule has 2 aromatic heterocycles. The number of aromatic carboxylic acids is 1. The third-order valence-corrected chi connectivity index (χ3v) is 6.40. The van der Waals surface area contributed by atoms with E-state index in [4.69, 9.17) is 9.72 Å². The summed E-state index contributed by atoms with van der Waals surface area (Å²) < 4.78 is 9.18. The summed E-state index contributed by atoms with van der Waals surface area (Å²) in [5.41, 5.74) is 1.26. The van der Waals surface area contributed by atoms with E-state index in [1.807, 2.05) is 0 Å². The smallest absolute Gasteiger partial charge is 0.335 e. The number of nitrogens with one attached hydrogen (secondary N) is 1. The van der Waals surface area contributed by atoms with Crippen molar-refractivity contribution in [3.05, 3.63) is 75.6 Å². The first-order chi connectivity index (χ1) is 19.0. The molecule has 2 N–H and O–H groups in total. The number of hydrogen-bond acceptors (Lipinski definition) is 8. The first-order valence-electron chi connectivity index (χ1n) is 12.4. The molecule has 0 radical (unpaired) electrons. The highest BCUT2D eigenvalue weighted by molar-refractivity contribution is 5.87. The van der Waals surface area contributed by atoms with Crippen LogP contribution in [0.2, 0.25) is 0 Å². The van der Waals surface area contributed by atoms with Crippen molar-refractivity contribution in [3.8, 4) is 29.7 Å². The second-order valence-corrected chi connectivity index (χ2v) is 8.82. The molecule has 0 unspecified atom stereocenters. The minimum atomic E-state index is -1.06. The fourth-order valence-corrected chi connectivity index (χ4v) is 4.42. The summed E-state index contributed by atoms with van der Waals surface area (Å²) in [5, 5.41) is 22.2. The summed E-state index contributed by atoms with van der Waals surface area (Å²) in [4.78, 5) is 36.8. The van der Waals surface area contributed by atoms with Gasteiger partial charge < -0.3 is 20.1 Å². The quantitative estimate of drug-likeness (QED) is 0.350. The van der Waals surface area contributed by atoms with E-state index in [2.05, 4.69) is 33.1 Å². The fraction of sp³-hybridized carbons (Fsp3) is 0.250. The first-order valence-corrected chi connectivity index (χ1v) is 12.4. The molecule has 11 nitrogen and oxygen atoms in total. The molecule has 2 aromatic carbocycles. The molecule has 0 amide bonds. The predicted molar refractivity (Wildman–Crippen MR) is 144 cm³/mol. The van der Waals surface area contributed by atoms with E-state index in [0.29, 0.717) is 35.9 Å². The highest BCUT2D eigenvalue weighted by Gasteiger charge is 2.25. The molecule has 5 rings (SSSR count). The zero-order chi connectivity index (χ0) is 27.4. The van der Waals surface area contributed by atoms with E-state index >= 15 is 0 Å². The minimum absolute atomic E-state index is 0.0265. The Labute approximate surface area is 223 Å². The van der Waals surface area contributed by atoms with Gasteiger partial charge in [-0.2, -0.15) is 15.2 Å². The molecule has 4 aromatic rings. The van der Waals surface area contributed by atoms with Crippen molar-refractivity contribution >= 4 is 23.1 Å². The zero-order valence-electron chi connectivity index (χ0n) is 21.2. The average molecular weight is 524 g/mol. The van der Waals surface area contributed by atoms with Gasteiger partial charge in [-0.25, -0.2) is 4.79 Å². The van der Waals surface area contributed by atoms with Crippen molar-refractivity contribution in [3.63, 3.8) is 0 Å². The van der Waals surface area contributed by atoms with Gasteiger partial charge in [0, 0.05) is 26.2 Å². The fourth-order valence-electron chi connectivity index (χ4n) is 4.42. The monoisotopic (exact) mass is 523 g/mol. The van der Waals surface area contributed by atoms with E-state index < -0.39 is 11.5 Å². The van der Waals surface area contributed by atoms with Crippen molar-refractivity contribution in [2.75, 3.05) is 31.1 Å². The Balaban J connectivity index is 1.69. The number of anilines is 1. The van der Waals surface area contributed by atoms with E-state index in [-0.39, 0.29) is 35.8 Å². The normalized spacial score (nSPS) is 13.0. The van der Waals surface area contributed by atoms with E-state index in [9.17, 15) is 20.0 Å². The third kappa shape index (κ3) is 5.17.